The molecule has 0 fully saturated rings. The summed E-state index contributed by atoms with van der Waals surface area (Å²) in [5.41, 5.74) is 5.33. The second kappa shape index (κ2) is 8.87. The molecule has 0 aliphatic heterocycles. The maximum atomic E-state index is 12.4. The average molecular weight is 386 g/mol. The number of carbonyl (C=O) groups excluding carboxylic acids is 3. The van der Waals surface area contributed by atoms with Crippen LogP contribution in [0.3, 0.4) is 0 Å². The molecule has 0 atom stereocenters. The highest BCUT2D eigenvalue weighted by Crippen LogP contribution is 2.27. The van der Waals surface area contributed by atoms with E-state index in [1.54, 1.807) is 18.2 Å². The Labute approximate surface area is 159 Å². The van der Waals surface area contributed by atoms with Crippen molar-refractivity contribution >= 4 is 28.8 Å². The van der Waals surface area contributed by atoms with Crippen molar-refractivity contribution in [2.45, 2.75) is 13.5 Å². The van der Waals surface area contributed by atoms with Gasteiger partial charge in [0.15, 0.2) is 12.4 Å². The Morgan fingerprint density at radius 1 is 1.07 bits per heavy atom. The van der Waals surface area contributed by atoms with Crippen molar-refractivity contribution < 1.29 is 32.7 Å². The summed E-state index contributed by atoms with van der Waals surface area (Å²) in [6.07, 6.45) is 1.33. The number of hydrogen-bond donors (Lipinski definition) is 2. The van der Waals surface area contributed by atoms with E-state index < -0.39 is 24.4 Å². The third-order valence-electron chi connectivity index (χ3n) is 3.73. The van der Waals surface area contributed by atoms with Gasteiger partial charge in [0.2, 0.25) is 5.76 Å². The molecule has 0 aliphatic carbocycles. The Hall–Kier alpha value is -3.59. The highest BCUT2D eigenvalue weighted by atomic mass is 16.5. The lowest BCUT2D eigenvalue weighted by Gasteiger charge is -2.07. The molecule has 2 N–H and O–H groups in total. The molecule has 2 heterocycles. The minimum Gasteiger partial charge on any atom is -0.459 e. The van der Waals surface area contributed by atoms with Gasteiger partial charge in [0.1, 0.15) is 5.58 Å². The smallest absolute Gasteiger partial charge is 0.375 e. The zero-order valence-electron chi connectivity index (χ0n) is 15.0. The molecule has 9 nitrogen and oxygen atoms in total. The van der Waals surface area contributed by atoms with E-state index in [1.165, 1.54) is 18.4 Å². The first-order chi connectivity index (χ1) is 13.6. The molecule has 2 aromatic heterocycles. The van der Waals surface area contributed by atoms with Crippen LogP contribution in [-0.2, 0) is 20.9 Å². The predicted octanol–water partition coefficient (Wildman–Crippen LogP) is 2.18. The Kier molecular flexibility index (Phi) is 6.07. The summed E-state index contributed by atoms with van der Waals surface area (Å²) in [5.74, 6) is -2.17. The second-order valence-corrected chi connectivity index (χ2v) is 5.60. The van der Waals surface area contributed by atoms with Crippen molar-refractivity contribution in [2.75, 3.05) is 13.2 Å². The molecule has 1 aromatic carbocycles. The van der Waals surface area contributed by atoms with E-state index in [0.717, 1.165) is 5.39 Å². The molecule has 3 aromatic rings. The highest BCUT2D eigenvalue weighted by Gasteiger charge is 2.22. The van der Waals surface area contributed by atoms with Crippen LogP contribution < -0.4 is 10.9 Å². The van der Waals surface area contributed by atoms with Crippen molar-refractivity contribution in [3.05, 3.63) is 59.7 Å². The first-order valence-corrected chi connectivity index (χ1v) is 8.48. The average Bonchev–Trinajstić information content (AvgIpc) is 3.36. The number of amides is 2. The zero-order valence-corrected chi connectivity index (χ0v) is 15.0. The summed E-state index contributed by atoms with van der Waals surface area (Å²) in [6.45, 7) is 1.86. The fraction of sp³-hybridized carbons (Fsp3) is 0.211. The molecule has 0 bridgehead atoms. The third kappa shape index (κ3) is 4.38. The van der Waals surface area contributed by atoms with Gasteiger partial charge in [0, 0.05) is 17.6 Å². The maximum absolute atomic E-state index is 12.4. The van der Waals surface area contributed by atoms with E-state index in [0.29, 0.717) is 17.8 Å². The van der Waals surface area contributed by atoms with Crippen LogP contribution in [0, 0.1) is 0 Å². The Bertz CT molecular complexity index is 976. The first kappa shape index (κ1) is 19.2. The van der Waals surface area contributed by atoms with Crippen LogP contribution in [0.1, 0.15) is 33.6 Å². The van der Waals surface area contributed by atoms with E-state index in [1.807, 2.05) is 13.0 Å². The molecule has 0 spiro atoms. The Morgan fingerprint density at radius 2 is 1.89 bits per heavy atom. The third-order valence-corrected chi connectivity index (χ3v) is 3.73. The molecule has 3 rings (SSSR count). The van der Waals surface area contributed by atoms with Gasteiger partial charge in [-0.05, 0) is 25.1 Å². The molecule has 146 valence electrons. The van der Waals surface area contributed by atoms with Gasteiger partial charge in [-0.15, -0.1) is 0 Å². The standard InChI is InChI=1S/C19H18N2O7/c1-2-25-10-13-12-6-3-4-7-14(12)28-17(13)19(24)27-11-16(22)20-21-18(23)15-8-5-9-26-15/h3-9H,2,10-11H2,1H3,(H,20,22)(H,21,23). The number of benzene rings is 1. The normalized spacial score (nSPS) is 10.6. The summed E-state index contributed by atoms with van der Waals surface area (Å²) in [6, 6.07) is 10.1. The monoisotopic (exact) mass is 386 g/mol. The molecule has 9 heteroatoms. The number of furan rings is 2. The molecule has 0 saturated heterocycles. The molecular weight excluding hydrogens is 368 g/mol. The highest BCUT2D eigenvalue weighted by molar-refractivity contribution is 5.97. The summed E-state index contributed by atoms with van der Waals surface area (Å²) in [7, 11) is 0. The van der Waals surface area contributed by atoms with Gasteiger partial charge in [0.25, 0.3) is 5.91 Å². The largest absolute Gasteiger partial charge is 0.459 e. The van der Waals surface area contributed by atoms with Crippen molar-refractivity contribution in [1.82, 2.24) is 10.9 Å². The predicted molar refractivity (Wildman–Crippen MR) is 96.1 cm³/mol. The maximum Gasteiger partial charge on any atom is 0.375 e. The van der Waals surface area contributed by atoms with Crippen molar-refractivity contribution in [2.24, 2.45) is 0 Å². The molecule has 0 unspecified atom stereocenters. The zero-order chi connectivity index (χ0) is 19.9. The number of fused-ring (bicyclic) bond motifs is 1. The van der Waals surface area contributed by atoms with Crippen molar-refractivity contribution in [3.63, 3.8) is 0 Å². The molecule has 28 heavy (non-hydrogen) atoms. The SMILES string of the molecule is CCOCc1c(C(=O)OCC(=O)NNC(=O)c2ccco2)oc2ccccc12. The van der Waals surface area contributed by atoms with Gasteiger partial charge < -0.3 is 18.3 Å². The van der Waals surface area contributed by atoms with Crippen molar-refractivity contribution in [1.29, 1.82) is 0 Å². The Morgan fingerprint density at radius 3 is 2.64 bits per heavy atom. The summed E-state index contributed by atoms with van der Waals surface area (Å²) >= 11 is 0. The number of hydrogen-bond acceptors (Lipinski definition) is 7. The number of carbonyl (C=O) groups is 3. The summed E-state index contributed by atoms with van der Waals surface area (Å²) in [5, 5.41) is 0.734. The topological polar surface area (TPSA) is 120 Å². The van der Waals surface area contributed by atoms with Crippen LogP contribution >= 0.6 is 0 Å². The number of hydrazine groups is 1. The fourth-order valence-electron chi connectivity index (χ4n) is 2.44. The van der Waals surface area contributed by atoms with Gasteiger partial charge in [0.05, 0.1) is 12.9 Å². The number of esters is 1. The first-order valence-electron chi connectivity index (χ1n) is 8.48. The van der Waals surface area contributed by atoms with E-state index in [9.17, 15) is 14.4 Å². The molecule has 0 aliphatic rings. The van der Waals surface area contributed by atoms with Gasteiger partial charge in [-0.3, -0.25) is 20.4 Å². The molecule has 2 amide bonds. The minimum atomic E-state index is -0.807. The quantitative estimate of drug-likeness (QED) is 0.472. The molecule has 0 radical (unpaired) electrons. The van der Waals surface area contributed by atoms with Gasteiger partial charge in [-0.2, -0.15) is 0 Å². The van der Waals surface area contributed by atoms with Crippen LogP contribution in [0.2, 0.25) is 0 Å². The van der Waals surface area contributed by atoms with Gasteiger partial charge in [-0.1, -0.05) is 18.2 Å². The molecule has 0 saturated carbocycles. The van der Waals surface area contributed by atoms with E-state index >= 15 is 0 Å². The van der Waals surface area contributed by atoms with E-state index in [2.05, 4.69) is 10.9 Å². The van der Waals surface area contributed by atoms with Gasteiger partial charge in [-0.25, -0.2) is 4.79 Å². The fourth-order valence-corrected chi connectivity index (χ4v) is 2.44. The second-order valence-electron chi connectivity index (χ2n) is 5.60. The van der Waals surface area contributed by atoms with Crippen LogP contribution in [0.15, 0.2) is 51.5 Å². The van der Waals surface area contributed by atoms with Crippen LogP contribution in [-0.4, -0.2) is 31.0 Å². The number of para-hydroxylation sites is 1. The lowest BCUT2D eigenvalue weighted by molar-refractivity contribution is -0.125. The number of rotatable bonds is 7. The molecular formula is C19H18N2O7. The lowest BCUT2D eigenvalue weighted by atomic mass is 10.1. The van der Waals surface area contributed by atoms with Crippen LogP contribution in [0.25, 0.3) is 11.0 Å². The number of ether oxygens (including phenoxy) is 2. The lowest BCUT2D eigenvalue weighted by Crippen LogP contribution is -2.43. The summed E-state index contributed by atoms with van der Waals surface area (Å²) in [4.78, 5) is 35.8. The van der Waals surface area contributed by atoms with Crippen LogP contribution in [0.4, 0.5) is 0 Å². The van der Waals surface area contributed by atoms with E-state index in [4.69, 9.17) is 18.3 Å². The van der Waals surface area contributed by atoms with E-state index in [-0.39, 0.29) is 18.1 Å². The Balaban J connectivity index is 1.59. The minimum absolute atomic E-state index is 0.0259. The van der Waals surface area contributed by atoms with Gasteiger partial charge >= 0.3 is 11.9 Å². The number of nitrogens with one attached hydrogen (secondary N) is 2. The van der Waals surface area contributed by atoms with Crippen LogP contribution in [0.5, 0.6) is 0 Å². The summed E-state index contributed by atoms with van der Waals surface area (Å²) < 4.78 is 20.8. The van der Waals surface area contributed by atoms with Crippen molar-refractivity contribution in [3.8, 4) is 0 Å².